The Kier molecular flexibility index (Phi) is 5.81. The molecule has 1 amide bonds. The number of halogens is 2. The first-order chi connectivity index (χ1) is 12.9. The molecule has 140 valence electrons. The van der Waals surface area contributed by atoms with Crippen molar-refractivity contribution in [1.29, 1.82) is 0 Å². The smallest absolute Gasteiger partial charge is 0.316 e. The van der Waals surface area contributed by atoms with Crippen LogP contribution in [0.5, 0.6) is 11.5 Å². The third kappa shape index (κ3) is 4.30. The molecule has 0 aliphatic carbocycles. The summed E-state index contributed by atoms with van der Waals surface area (Å²) in [6.45, 7) is 0.365. The van der Waals surface area contributed by atoms with Gasteiger partial charge in [-0.05, 0) is 61.7 Å². The molecule has 0 bridgehead atoms. The highest BCUT2D eigenvalue weighted by Crippen LogP contribution is 2.36. The van der Waals surface area contributed by atoms with E-state index in [4.69, 9.17) is 9.26 Å². The summed E-state index contributed by atoms with van der Waals surface area (Å²) in [6, 6.07) is 10.7. The molecule has 3 aromatic rings. The fourth-order valence-electron chi connectivity index (χ4n) is 2.40. The maximum Gasteiger partial charge on any atom is 0.316 e. The van der Waals surface area contributed by atoms with Crippen LogP contribution in [0.3, 0.4) is 0 Å². The van der Waals surface area contributed by atoms with Crippen LogP contribution in [0.4, 0.5) is 0 Å². The summed E-state index contributed by atoms with van der Waals surface area (Å²) in [4.78, 5) is 18.2. The molecule has 0 saturated carbocycles. The van der Waals surface area contributed by atoms with E-state index in [0.29, 0.717) is 21.1 Å². The van der Waals surface area contributed by atoms with Gasteiger partial charge in [0.25, 0.3) is 0 Å². The van der Waals surface area contributed by atoms with Crippen molar-refractivity contribution in [3.63, 3.8) is 0 Å². The van der Waals surface area contributed by atoms with Gasteiger partial charge < -0.3 is 19.3 Å². The fraction of sp³-hybridized carbons (Fsp3) is 0.167. The van der Waals surface area contributed by atoms with Crippen molar-refractivity contribution in [2.24, 2.45) is 0 Å². The highest BCUT2D eigenvalue weighted by atomic mass is 79.9. The van der Waals surface area contributed by atoms with Gasteiger partial charge in [0.15, 0.2) is 0 Å². The quantitative estimate of drug-likeness (QED) is 0.568. The Morgan fingerprint density at radius 1 is 1.26 bits per heavy atom. The van der Waals surface area contributed by atoms with Gasteiger partial charge in [0.1, 0.15) is 11.5 Å². The van der Waals surface area contributed by atoms with Crippen LogP contribution in [-0.2, 0) is 6.54 Å². The average molecular weight is 497 g/mol. The number of phenols is 1. The minimum absolute atomic E-state index is 0.0663. The molecular weight excluding hydrogens is 482 g/mol. The van der Waals surface area contributed by atoms with E-state index in [-0.39, 0.29) is 17.5 Å². The van der Waals surface area contributed by atoms with Gasteiger partial charge in [0, 0.05) is 19.2 Å². The van der Waals surface area contributed by atoms with Crippen molar-refractivity contribution in [2.75, 3.05) is 14.2 Å². The zero-order valence-electron chi connectivity index (χ0n) is 14.4. The van der Waals surface area contributed by atoms with Gasteiger partial charge in [0.2, 0.25) is 5.82 Å². The van der Waals surface area contributed by atoms with Crippen molar-refractivity contribution in [1.82, 2.24) is 15.0 Å². The summed E-state index contributed by atoms with van der Waals surface area (Å²) in [7, 11) is 3.24. The van der Waals surface area contributed by atoms with Crippen molar-refractivity contribution >= 4 is 37.8 Å². The number of nitrogens with zero attached hydrogens (tertiary/aromatic N) is 3. The van der Waals surface area contributed by atoms with Gasteiger partial charge in [0.05, 0.1) is 16.1 Å². The number of benzene rings is 2. The number of aromatic nitrogens is 2. The first-order valence-corrected chi connectivity index (χ1v) is 9.38. The van der Waals surface area contributed by atoms with Crippen LogP contribution in [0.1, 0.15) is 16.2 Å². The molecular formula is C18H15Br2N3O4. The number of aromatic hydroxyl groups is 1. The predicted octanol–water partition coefficient (Wildman–Crippen LogP) is 4.25. The van der Waals surface area contributed by atoms with Crippen LogP contribution < -0.4 is 4.74 Å². The standard InChI is InChI=1S/C18H15Br2N3O4/c1-23(9-10-4-3-5-12(6-10)26-2)18(25)17-21-16(22-27-17)11-7-13(19)15(24)14(20)8-11/h3-8,24H,9H2,1-2H3. The molecule has 0 aliphatic rings. The highest BCUT2D eigenvalue weighted by Gasteiger charge is 2.21. The largest absolute Gasteiger partial charge is 0.506 e. The first-order valence-electron chi connectivity index (χ1n) is 7.79. The molecule has 1 aromatic heterocycles. The zero-order valence-corrected chi connectivity index (χ0v) is 17.6. The van der Waals surface area contributed by atoms with Crippen molar-refractivity contribution in [3.05, 3.63) is 56.8 Å². The van der Waals surface area contributed by atoms with E-state index in [9.17, 15) is 9.90 Å². The minimum Gasteiger partial charge on any atom is -0.506 e. The third-order valence-electron chi connectivity index (χ3n) is 3.78. The molecule has 0 saturated heterocycles. The Bertz CT molecular complexity index is 967. The lowest BCUT2D eigenvalue weighted by atomic mass is 10.2. The molecule has 9 heteroatoms. The Morgan fingerprint density at radius 2 is 1.96 bits per heavy atom. The van der Waals surface area contributed by atoms with Gasteiger partial charge in [-0.2, -0.15) is 4.98 Å². The second-order valence-corrected chi connectivity index (χ2v) is 7.43. The molecule has 0 fully saturated rings. The second-order valence-electron chi connectivity index (χ2n) is 5.72. The van der Waals surface area contributed by atoms with Gasteiger partial charge >= 0.3 is 11.8 Å². The summed E-state index contributed by atoms with van der Waals surface area (Å²) in [5, 5.41) is 13.7. The van der Waals surface area contributed by atoms with E-state index in [0.717, 1.165) is 11.3 Å². The van der Waals surface area contributed by atoms with Gasteiger partial charge in [-0.15, -0.1) is 0 Å². The molecule has 0 aliphatic heterocycles. The summed E-state index contributed by atoms with van der Waals surface area (Å²) < 4.78 is 11.3. The number of hydrogen-bond donors (Lipinski definition) is 1. The van der Waals surface area contributed by atoms with Crippen LogP contribution in [0, 0.1) is 0 Å². The molecule has 2 aromatic carbocycles. The Hall–Kier alpha value is -2.39. The van der Waals surface area contributed by atoms with E-state index >= 15 is 0 Å². The van der Waals surface area contributed by atoms with Crippen molar-refractivity contribution < 1.29 is 19.2 Å². The summed E-state index contributed by atoms with van der Waals surface area (Å²) in [6.07, 6.45) is 0. The van der Waals surface area contributed by atoms with Crippen molar-refractivity contribution in [2.45, 2.75) is 6.54 Å². The Balaban J connectivity index is 1.78. The van der Waals surface area contributed by atoms with E-state index in [2.05, 4.69) is 42.0 Å². The number of methoxy groups -OCH3 is 1. The predicted molar refractivity (Wildman–Crippen MR) is 106 cm³/mol. The Morgan fingerprint density at radius 3 is 2.63 bits per heavy atom. The Labute approximate surface area is 172 Å². The lowest BCUT2D eigenvalue weighted by Crippen LogP contribution is -2.26. The number of amides is 1. The average Bonchev–Trinajstić information content (AvgIpc) is 3.15. The van der Waals surface area contributed by atoms with E-state index < -0.39 is 5.91 Å². The molecule has 0 spiro atoms. The first kappa shape index (κ1) is 19.4. The molecule has 1 N–H and O–H groups in total. The molecule has 0 radical (unpaired) electrons. The monoisotopic (exact) mass is 495 g/mol. The van der Waals surface area contributed by atoms with E-state index in [1.54, 1.807) is 26.3 Å². The number of phenolic OH excluding ortho intramolecular Hbond substituents is 1. The van der Waals surface area contributed by atoms with E-state index in [1.165, 1.54) is 4.90 Å². The third-order valence-corrected chi connectivity index (χ3v) is 4.99. The van der Waals surface area contributed by atoms with E-state index in [1.807, 2.05) is 24.3 Å². The lowest BCUT2D eigenvalue weighted by Gasteiger charge is -2.15. The number of ether oxygens (including phenoxy) is 1. The summed E-state index contributed by atoms with van der Waals surface area (Å²) in [5.41, 5.74) is 1.50. The SMILES string of the molecule is COc1cccc(CN(C)C(=O)c2nc(-c3cc(Br)c(O)c(Br)c3)no2)c1. The maximum absolute atomic E-state index is 12.6. The minimum atomic E-state index is -0.395. The second kappa shape index (κ2) is 8.10. The van der Waals surface area contributed by atoms with Gasteiger partial charge in [-0.25, -0.2) is 0 Å². The summed E-state index contributed by atoms with van der Waals surface area (Å²) >= 11 is 6.50. The van der Waals surface area contributed by atoms with Crippen molar-refractivity contribution in [3.8, 4) is 22.9 Å². The number of rotatable bonds is 5. The maximum atomic E-state index is 12.6. The lowest BCUT2D eigenvalue weighted by molar-refractivity contribution is 0.0735. The topological polar surface area (TPSA) is 88.7 Å². The highest BCUT2D eigenvalue weighted by molar-refractivity contribution is 9.11. The molecule has 1 heterocycles. The van der Waals surface area contributed by atoms with Crippen LogP contribution >= 0.6 is 31.9 Å². The number of hydrogen-bond acceptors (Lipinski definition) is 6. The molecule has 3 rings (SSSR count). The number of carbonyl (C=O) groups excluding carboxylic acids is 1. The summed E-state index contributed by atoms with van der Waals surface area (Å²) in [5.74, 6) is 0.521. The molecule has 7 nitrogen and oxygen atoms in total. The normalized spacial score (nSPS) is 10.7. The van der Waals surface area contributed by atoms with Gasteiger partial charge in [-0.1, -0.05) is 17.3 Å². The molecule has 27 heavy (non-hydrogen) atoms. The zero-order chi connectivity index (χ0) is 19.6. The van der Waals surface area contributed by atoms with Crippen LogP contribution in [0.2, 0.25) is 0 Å². The van der Waals surface area contributed by atoms with Crippen LogP contribution in [0.25, 0.3) is 11.4 Å². The number of carbonyl (C=O) groups is 1. The molecule has 0 unspecified atom stereocenters. The fourth-order valence-corrected chi connectivity index (χ4v) is 3.59. The molecule has 0 atom stereocenters. The van der Waals surface area contributed by atoms with Gasteiger partial charge in [-0.3, -0.25) is 4.79 Å². The van der Waals surface area contributed by atoms with Crippen LogP contribution in [0.15, 0.2) is 49.9 Å². The van der Waals surface area contributed by atoms with Crippen LogP contribution in [-0.4, -0.2) is 40.2 Å².